The van der Waals surface area contributed by atoms with Gasteiger partial charge in [0, 0.05) is 5.38 Å². The van der Waals surface area contributed by atoms with Crippen LogP contribution in [0.3, 0.4) is 0 Å². The SMILES string of the molecule is CC(C)Cc1c[c]sc1. The van der Waals surface area contributed by atoms with E-state index in [9.17, 15) is 0 Å². The van der Waals surface area contributed by atoms with Crippen molar-refractivity contribution in [3.05, 3.63) is 22.4 Å². The van der Waals surface area contributed by atoms with Crippen LogP contribution in [0.2, 0.25) is 0 Å². The highest BCUT2D eigenvalue weighted by atomic mass is 32.1. The van der Waals surface area contributed by atoms with Crippen LogP contribution in [0.1, 0.15) is 19.4 Å². The summed E-state index contributed by atoms with van der Waals surface area (Å²) in [6.45, 7) is 4.47. The van der Waals surface area contributed by atoms with Crippen LogP contribution < -0.4 is 0 Å². The first-order valence-corrected chi connectivity index (χ1v) is 4.10. The number of hydrogen-bond donors (Lipinski definition) is 0. The van der Waals surface area contributed by atoms with Crippen LogP contribution in [-0.4, -0.2) is 0 Å². The molecule has 1 radical (unpaired) electrons. The Morgan fingerprint density at radius 3 is 2.89 bits per heavy atom. The van der Waals surface area contributed by atoms with Gasteiger partial charge in [-0.15, -0.1) is 11.3 Å². The van der Waals surface area contributed by atoms with Gasteiger partial charge >= 0.3 is 0 Å². The van der Waals surface area contributed by atoms with Crippen LogP contribution in [0, 0.1) is 11.3 Å². The minimum atomic E-state index is 0.771. The Balaban J connectivity index is 2.48. The van der Waals surface area contributed by atoms with Crippen molar-refractivity contribution in [1.29, 1.82) is 0 Å². The van der Waals surface area contributed by atoms with Crippen molar-refractivity contribution in [2.75, 3.05) is 0 Å². The summed E-state index contributed by atoms with van der Waals surface area (Å²) >= 11 is 1.66. The van der Waals surface area contributed by atoms with E-state index in [1.54, 1.807) is 11.3 Å². The maximum Gasteiger partial charge on any atom is 0.0445 e. The molecule has 49 valence electrons. The lowest BCUT2D eigenvalue weighted by molar-refractivity contribution is 0.648. The van der Waals surface area contributed by atoms with Gasteiger partial charge in [-0.05, 0) is 29.3 Å². The van der Waals surface area contributed by atoms with Crippen molar-refractivity contribution < 1.29 is 0 Å². The number of thiophene rings is 1. The molecule has 1 rings (SSSR count). The Morgan fingerprint density at radius 1 is 1.67 bits per heavy atom. The Labute approximate surface area is 60.5 Å². The summed E-state index contributed by atoms with van der Waals surface area (Å²) in [5.41, 5.74) is 1.43. The Kier molecular flexibility index (Phi) is 2.29. The molecule has 0 aliphatic rings. The monoisotopic (exact) mass is 139 g/mol. The molecule has 0 N–H and O–H groups in total. The third-order valence-electron chi connectivity index (χ3n) is 1.17. The molecular formula is C8H11S. The lowest BCUT2D eigenvalue weighted by Gasteiger charge is -1.98. The average molecular weight is 139 g/mol. The van der Waals surface area contributed by atoms with E-state index in [0.29, 0.717) is 0 Å². The Morgan fingerprint density at radius 2 is 2.44 bits per heavy atom. The summed E-state index contributed by atoms with van der Waals surface area (Å²) in [7, 11) is 0. The van der Waals surface area contributed by atoms with Gasteiger partial charge in [-0.25, -0.2) is 0 Å². The molecule has 0 unspecified atom stereocenters. The zero-order valence-corrected chi connectivity index (χ0v) is 6.66. The molecule has 1 aromatic heterocycles. The van der Waals surface area contributed by atoms with Crippen molar-refractivity contribution in [3.8, 4) is 0 Å². The zero-order chi connectivity index (χ0) is 6.69. The minimum absolute atomic E-state index is 0.771. The molecule has 0 atom stereocenters. The molecule has 0 aliphatic carbocycles. The highest BCUT2D eigenvalue weighted by Gasteiger charge is 1.95. The minimum Gasteiger partial charge on any atom is -0.143 e. The fraction of sp³-hybridized carbons (Fsp3) is 0.500. The van der Waals surface area contributed by atoms with Crippen LogP contribution in [-0.2, 0) is 6.42 Å². The molecule has 0 fully saturated rings. The molecule has 0 spiro atoms. The normalized spacial score (nSPS) is 10.6. The van der Waals surface area contributed by atoms with Gasteiger partial charge in [0.25, 0.3) is 0 Å². The van der Waals surface area contributed by atoms with Gasteiger partial charge in [-0.3, -0.25) is 0 Å². The molecule has 0 nitrogen and oxygen atoms in total. The van der Waals surface area contributed by atoms with Crippen molar-refractivity contribution in [1.82, 2.24) is 0 Å². The van der Waals surface area contributed by atoms with Gasteiger partial charge in [-0.2, -0.15) is 0 Å². The average Bonchev–Trinajstić information content (AvgIpc) is 2.15. The molecule has 0 saturated heterocycles. The highest BCUT2D eigenvalue weighted by Crippen LogP contribution is 2.10. The molecule has 0 aromatic carbocycles. The molecule has 9 heavy (non-hydrogen) atoms. The Hall–Kier alpha value is -0.300. The smallest absolute Gasteiger partial charge is 0.0445 e. The third-order valence-corrected chi connectivity index (χ3v) is 1.84. The molecule has 0 saturated carbocycles. The lowest BCUT2D eigenvalue weighted by atomic mass is 10.1. The van der Waals surface area contributed by atoms with E-state index in [1.165, 1.54) is 12.0 Å². The number of rotatable bonds is 2. The van der Waals surface area contributed by atoms with Gasteiger partial charge < -0.3 is 0 Å². The quantitative estimate of drug-likeness (QED) is 0.591. The van der Waals surface area contributed by atoms with E-state index in [2.05, 4.69) is 30.7 Å². The summed E-state index contributed by atoms with van der Waals surface area (Å²) in [4.78, 5) is 0. The van der Waals surface area contributed by atoms with E-state index in [0.717, 1.165) is 5.92 Å². The zero-order valence-electron chi connectivity index (χ0n) is 5.85. The predicted molar refractivity (Wildman–Crippen MR) is 41.7 cm³/mol. The summed E-state index contributed by atoms with van der Waals surface area (Å²) in [6, 6.07) is 2.07. The first-order valence-electron chi connectivity index (χ1n) is 3.22. The van der Waals surface area contributed by atoms with Crippen molar-refractivity contribution in [2.45, 2.75) is 20.3 Å². The predicted octanol–water partition coefficient (Wildman–Crippen LogP) is 2.75. The van der Waals surface area contributed by atoms with E-state index in [1.807, 2.05) is 0 Å². The van der Waals surface area contributed by atoms with Gasteiger partial charge in [0.15, 0.2) is 0 Å². The van der Waals surface area contributed by atoms with Crippen molar-refractivity contribution in [2.24, 2.45) is 5.92 Å². The van der Waals surface area contributed by atoms with Crippen LogP contribution >= 0.6 is 11.3 Å². The maximum atomic E-state index is 3.08. The van der Waals surface area contributed by atoms with Crippen LogP contribution in [0.5, 0.6) is 0 Å². The topological polar surface area (TPSA) is 0 Å². The van der Waals surface area contributed by atoms with Crippen LogP contribution in [0.4, 0.5) is 0 Å². The Bertz CT molecular complexity index is 151. The molecule has 0 amide bonds. The molecule has 0 bridgehead atoms. The van der Waals surface area contributed by atoms with Gasteiger partial charge in [0.1, 0.15) is 0 Å². The van der Waals surface area contributed by atoms with Gasteiger partial charge in [-0.1, -0.05) is 13.8 Å². The lowest BCUT2D eigenvalue weighted by Crippen LogP contribution is -1.90. The van der Waals surface area contributed by atoms with Crippen molar-refractivity contribution >= 4 is 11.3 Å². The summed E-state index contributed by atoms with van der Waals surface area (Å²) in [6.07, 6.45) is 1.19. The maximum absolute atomic E-state index is 3.08. The van der Waals surface area contributed by atoms with Gasteiger partial charge in [0.2, 0.25) is 0 Å². The van der Waals surface area contributed by atoms with Gasteiger partial charge in [0.05, 0.1) is 0 Å². The summed E-state index contributed by atoms with van der Waals surface area (Å²) in [5.74, 6) is 0.771. The van der Waals surface area contributed by atoms with E-state index >= 15 is 0 Å². The number of hydrogen-bond acceptors (Lipinski definition) is 1. The fourth-order valence-electron chi connectivity index (χ4n) is 0.832. The summed E-state index contributed by atoms with van der Waals surface area (Å²) in [5, 5.41) is 5.24. The highest BCUT2D eigenvalue weighted by molar-refractivity contribution is 7.07. The van der Waals surface area contributed by atoms with Crippen molar-refractivity contribution in [3.63, 3.8) is 0 Å². The van der Waals surface area contributed by atoms with Crippen LogP contribution in [0.25, 0.3) is 0 Å². The second kappa shape index (κ2) is 3.02. The van der Waals surface area contributed by atoms with E-state index < -0.39 is 0 Å². The second-order valence-electron chi connectivity index (χ2n) is 2.67. The standard InChI is InChI=1S/C8H11S/c1-7(2)5-8-3-4-9-6-8/h3,6-7H,5H2,1-2H3. The second-order valence-corrected chi connectivity index (χ2v) is 3.38. The van der Waals surface area contributed by atoms with Crippen LogP contribution in [0.15, 0.2) is 11.4 Å². The third kappa shape index (κ3) is 2.19. The van der Waals surface area contributed by atoms with E-state index in [-0.39, 0.29) is 0 Å². The molecular weight excluding hydrogens is 128 g/mol. The van der Waals surface area contributed by atoms with E-state index in [4.69, 9.17) is 0 Å². The molecule has 1 heterocycles. The first-order chi connectivity index (χ1) is 4.29. The largest absolute Gasteiger partial charge is 0.143 e. The molecule has 0 aliphatic heterocycles. The molecule has 1 aromatic rings. The summed E-state index contributed by atoms with van der Waals surface area (Å²) < 4.78 is 0. The fourth-order valence-corrected chi connectivity index (χ4v) is 1.43. The first kappa shape index (κ1) is 6.81. The molecule has 1 heteroatoms.